The van der Waals surface area contributed by atoms with Gasteiger partial charge in [0.25, 0.3) is 0 Å². The first kappa shape index (κ1) is 15.9. The van der Waals surface area contributed by atoms with E-state index in [1.165, 1.54) is 9.88 Å². The van der Waals surface area contributed by atoms with Crippen molar-refractivity contribution in [3.05, 3.63) is 15.6 Å². The van der Waals surface area contributed by atoms with Crippen molar-refractivity contribution in [3.8, 4) is 0 Å². The first-order valence-electron chi connectivity index (χ1n) is 7.17. The van der Waals surface area contributed by atoms with Crippen LogP contribution in [0.1, 0.15) is 49.3 Å². The number of rotatable bonds is 5. The van der Waals surface area contributed by atoms with Crippen molar-refractivity contribution in [3.63, 3.8) is 0 Å². The van der Waals surface area contributed by atoms with Crippen molar-refractivity contribution in [1.29, 1.82) is 0 Å². The summed E-state index contributed by atoms with van der Waals surface area (Å²) in [6.07, 6.45) is 0. The summed E-state index contributed by atoms with van der Waals surface area (Å²) in [4.78, 5) is 6.00. The molecule has 1 atom stereocenters. The maximum atomic E-state index is 9.46. The summed E-state index contributed by atoms with van der Waals surface area (Å²) < 4.78 is 5.23. The van der Waals surface area contributed by atoms with Crippen LogP contribution in [0, 0.1) is 12.3 Å². The third-order valence-corrected chi connectivity index (χ3v) is 5.57. The van der Waals surface area contributed by atoms with Crippen molar-refractivity contribution in [1.82, 2.24) is 10.3 Å². The molecule has 1 aromatic rings. The van der Waals surface area contributed by atoms with E-state index in [1.54, 1.807) is 11.3 Å². The minimum absolute atomic E-state index is 0.0836. The second-order valence-corrected chi connectivity index (χ2v) is 8.00. The van der Waals surface area contributed by atoms with E-state index in [9.17, 15) is 5.11 Å². The number of nitrogens with zero attached hydrogens (tertiary/aromatic N) is 1. The van der Waals surface area contributed by atoms with Gasteiger partial charge in [-0.05, 0) is 13.8 Å². The van der Waals surface area contributed by atoms with Gasteiger partial charge in [-0.1, -0.05) is 20.8 Å². The van der Waals surface area contributed by atoms with Gasteiger partial charge in [-0.25, -0.2) is 4.98 Å². The zero-order chi connectivity index (χ0) is 15.0. The fourth-order valence-corrected chi connectivity index (χ4v) is 3.38. The molecule has 1 aliphatic heterocycles. The standard InChI is InChI=1S/C15H26N2O2S/c1-10(16-6-15(7-18)8-19-9-15)12-11(2)17-13(20-12)14(3,4)5/h10,16,18H,6-9H2,1-5H3. The van der Waals surface area contributed by atoms with Gasteiger partial charge in [0, 0.05) is 22.9 Å². The van der Waals surface area contributed by atoms with Crippen LogP contribution in [0.25, 0.3) is 0 Å². The van der Waals surface area contributed by atoms with Crippen molar-refractivity contribution in [2.45, 2.75) is 46.1 Å². The Morgan fingerprint density at radius 2 is 2.10 bits per heavy atom. The monoisotopic (exact) mass is 298 g/mol. The molecule has 0 bridgehead atoms. The van der Waals surface area contributed by atoms with Gasteiger partial charge in [-0.2, -0.15) is 0 Å². The molecule has 0 aliphatic carbocycles. The molecule has 0 spiro atoms. The Labute approximate surface area is 125 Å². The van der Waals surface area contributed by atoms with Crippen molar-refractivity contribution >= 4 is 11.3 Å². The number of aliphatic hydroxyl groups excluding tert-OH is 1. The fraction of sp³-hybridized carbons (Fsp3) is 0.800. The molecule has 114 valence electrons. The van der Waals surface area contributed by atoms with E-state index in [4.69, 9.17) is 9.72 Å². The number of nitrogens with one attached hydrogen (secondary N) is 1. The van der Waals surface area contributed by atoms with Crippen LogP contribution in [0.15, 0.2) is 0 Å². The zero-order valence-electron chi connectivity index (χ0n) is 13.1. The van der Waals surface area contributed by atoms with Crippen LogP contribution < -0.4 is 5.32 Å². The topological polar surface area (TPSA) is 54.4 Å². The molecule has 0 amide bonds. The average molecular weight is 298 g/mol. The number of hydrogen-bond donors (Lipinski definition) is 2. The van der Waals surface area contributed by atoms with Gasteiger partial charge in [-0.3, -0.25) is 0 Å². The number of ether oxygens (including phenoxy) is 1. The van der Waals surface area contributed by atoms with Crippen LogP contribution in [-0.4, -0.2) is 36.5 Å². The molecule has 4 nitrogen and oxygen atoms in total. The summed E-state index contributed by atoms with van der Waals surface area (Å²) >= 11 is 1.79. The van der Waals surface area contributed by atoms with E-state index in [2.05, 4.69) is 39.9 Å². The number of aromatic nitrogens is 1. The molecule has 1 aliphatic rings. The van der Waals surface area contributed by atoms with Gasteiger partial charge in [0.05, 0.1) is 35.9 Å². The Bertz CT molecular complexity index is 455. The predicted molar refractivity (Wildman–Crippen MR) is 82.3 cm³/mol. The molecule has 5 heteroatoms. The molecule has 0 saturated carbocycles. The highest BCUT2D eigenvalue weighted by atomic mass is 32.1. The first-order chi connectivity index (χ1) is 9.27. The van der Waals surface area contributed by atoms with Gasteiger partial charge in [0.2, 0.25) is 0 Å². The Kier molecular flexibility index (Phi) is 4.54. The smallest absolute Gasteiger partial charge is 0.0985 e. The van der Waals surface area contributed by atoms with E-state index in [1.807, 2.05) is 0 Å². The Hall–Kier alpha value is -0.490. The summed E-state index contributed by atoms with van der Waals surface area (Å²) in [5.74, 6) is 0. The number of hydrogen-bond acceptors (Lipinski definition) is 5. The van der Waals surface area contributed by atoms with Crippen LogP contribution in [0.3, 0.4) is 0 Å². The molecule has 2 rings (SSSR count). The lowest BCUT2D eigenvalue weighted by molar-refractivity contribution is -0.135. The van der Waals surface area contributed by atoms with Crippen molar-refractivity contribution in [2.75, 3.05) is 26.4 Å². The molecular weight excluding hydrogens is 272 g/mol. The summed E-state index contributed by atoms with van der Waals surface area (Å²) in [5, 5.41) is 14.2. The highest BCUT2D eigenvalue weighted by Crippen LogP contribution is 2.33. The van der Waals surface area contributed by atoms with Crippen LogP contribution in [-0.2, 0) is 10.2 Å². The SMILES string of the molecule is Cc1nc(C(C)(C)C)sc1C(C)NCC1(CO)COC1. The van der Waals surface area contributed by atoms with E-state index in [0.717, 1.165) is 12.2 Å². The lowest BCUT2D eigenvalue weighted by Gasteiger charge is -2.40. The van der Waals surface area contributed by atoms with Crippen molar-refractivity contribution < 1.29 is 9.84 Å². The van der Waals surface area contributed by atoms with E-state index >= 15 is 0 Å². The summed E-state index contributed by atoms with van der Waals surface area (Å²) in [6, 6.07) is 0.257. The molecule has 1 unspecified atom stereocenters. The largest absolute Gasteiger partial charge is 0.396 e. The van der Waals surface area contributed by atoms with Crippen LogP contribution in [0.2, 0.25) is 0 Å². The highest BCUT2D eigenvalue weighted by molar-refractivity contribution is 7.12. The Morgan fingerprint density at radius 3 is 2.50 bits per heavy atom. The van der Waals surface area contributed by atoms with Gasteiger partial charge >= 0.3 is 0 Å². The lowest BCUT2D eigenvalue weighted by atomic mass is 9.87. The molecule has 20 heavy (non-hydrogen) atoms. The average Bonchev–Trinajstić information content (AvgIpc) is 2.70. The Balaban J connectivity index is 2.02. The van der Waals surface area contributed by atoms with Gasteiger partial charge in [0.1, 0.15) is 0 Å². The third-order valence-electron chi connectivity index (χ3n) is 3.80. The summed E-state index contributed by atoms with van der Waals surface area (Å²) in [5.41, 5.74) is 1.13. The molecule has 0 aromatic carbocycles. The molecule has 2 heterocycles. The minimum atomic E-state index is -0.0836. The molecule has 2 N–H and O–H groups in total. The predicted octanol–water partition coefficient (Wildman–Crippen LogP) is 2.41. The Morgan fingerprint density at radius 1 is 1.45 bits per heavy atom. The number of thiazole rings is 1. The lowest BCUT2D eigenvalue weighted by Crippen LogP contribution is -2.52. The third kappa shape index (κ3) is 3.22. The number of aliphatic hydroxyl groups is 1. The van der Waals surface area contributed by atoms with Gasteiger partial charge in [0.15, 0.2) is 0 Å². The van der Waals surface area contributed by atoms with Crippen molar-refractivity contribution in [2.24, 2.45) is 5.41 Å². The zero-order valence-corrected chi connectivity index (χ0v) is 13.9. The quantitative estimate of drug-likeness (QED) is 0.876. The maximum absolute atomic E-state index is 9.46. The normalized spacial score (nSPS) is 19.7. The van der Waals surface area contributed by atoms with Crippen LogP contribution in [0.4, 0.5) is 0 Å². The van der Waals surface area contributed by atoms with Crippen LogP contribution >= 0.6 is 11.3 Å². The van der Waals surface area contributed by atoms with Gasteiger partial charge in [-0.15, -0.1) is 11.3 Å². The molecular formula is C15H26N2O2S. The fourth-order valence-electron chi connectivity index (χ4n) is 2.23. The first-order valence-corrected chi connectivity index (χ1v) is 7.99. The minimum Gasteiger partial charge on any atom is -0.396 e. The molecule has 1 fully saturated rings. The van der Waals surface area contributed by atoms with Crippen LogP contribution in [0.5, 0.6) is 0 Å². The van der Waals surface area contributed by atoms with E-state index in [0.29, 0.717) is 13.2 Å². The second kappa shape index (κ2) is 5.72. The summed E-state index contributed by atoms with van der Waals surface area (Å²) in [7, 11) is 0. The second-order valence-electron chi connectivity index (χ2n) is 6.97. The molecule has 0 radical (unpaired) electrons. The number of aryl methyl sites for hydroxylation is 1. The maximum Gasteiger partial charge on any atom is 0.0985 e. The van der Waals surface area contributed by atoms with E-state index in [-0.39, 0.29) is 23.5 Å². The highest BCUT2D eigenvalue weighted by Gasteiger charge is 2.38. The summed E-state index contributed by atoms with van der Waals surface area (Å²) in [6.45, 7) is 13.1. The molecule has 1 saturated heterocycles. The van der Waals surface area contributed by atoms with Gasteiger partial charge < -0.3 is 15.2 Å². The molecule has 1 aromatic heterocycles. The van der Waals surface area contributed by atoms with E-state index < -0.39 is 0 Å².